The molecular formula is C17H20FN3O6S. The molecule has 0 unspecified atom stereocenters. The normalized spacial score (nSPS) is 16.4. The Bertz CT molecular complexity index is 1040. The zero-order valence-electron chi connectivity index (χ0n) is 15.5. The minimum absolute atomic E-state index is 0.133. The average molecular weight is 413 g/mol. The number of phenolic OH excluding ortho intramolecular Hbond substituents is 1. The lowest BCUT2D eigenvalue weighted by Crippen LogP contribution is -2.30. The van der Waals surface area contributed by atoms with Crippen LogP contribution in [0.2, 0.25) is 0 Å². The van der Waals surface area contributed by atoms with Crippen molar-refractivity contribution >= 4 is 32.7 Å². The number of hydrogen-bond donors (Lipinski definition) is 2. The number of carbonyl (C=O) groups is 1. The molecule has 1 aromatic carbocycles. The van der Waals surface area contributed by atoms with E-state index >= 15 is 4.39 Å². The lowest BCUT2D eigenvalue weighted by atomic mass is 10.1. The predicted molar refractivity (Wildman–Crippen MR) is 99.0 cm³/mol. The molecule has 0 spiro atoms. The van der Waals surface area contributed by atoms with Crippen LogP contribution in [-0.4, -0.2) is 50.3 Å². The molecule has 2 heterocycles. The molecule has 28 heavy (non-hydrogen) atoms. The zero-order valence-corrected chi connectivity index (χ0v) is 16.3. The molecule has 2 aromatic rings. The molecule has 2 N–H and O–H groups in total. The van der Waals surface area contributed by atoms with Crippen molar-refractivity contribution in [3.8, 4) is 11.6 Å². The summed E-state index contributed by atoms with van der Waals surface area (Å²) in [5.74, 6) is -2.39. The second-order valence-corrected chi connectivity index (χ2v) is 8.47. The smallest absolute Gasteiger partial charge is 0.326 e. The van der Waals surface area contributed by atoms with Crippen molar-refractivity contribution in [2.24, 2.45) is 0 Å². The molecule has 1 aromatic heterocycles. The van der Waals surface area contributed by atoms with Gasteiger partial charge in [0.15, 0.2) is 5.82 Å². The van der Waals surface area contributed by atoms with Gasteiger partial charge in [0.25, 0.3) is 5.91 Å². The summed E-state index contributed by atoms with van der Waals surface area (Å²) in [6.07, 6.45) is 0.562. The first kappa shape index (κ1) is 20.1. The van der Waals surface area contributed by atoms with Crippen molar-refractivity contribution in [1.29, 1.82) is 0 Å². The first-order valence-electron chi connectivity index (χ1n) is 8.37. The van der Waals surface area contributed by atoms with E-state index in [-0.39, 0.29) is 23.4 Å². The fourth-order valence-electron chi connectivity index (χ4n) is 2.65. The number of ether oxygens (including phenoxy) is 2. The van der Waals surface area contributed by atoms with Gasteiger partial charge in [0.2, 0.25) is 5.88 Å². The summed E-state index contributed by atoms with van der Waals surface area (Å²) in [7, 11) is -2.70. The second kappa shape index (κ2) is 7.06. The van der Waals surface area contributed by atoms with E-state index in [2.05, 4.69) is 4.98 Å². The van der Waals surface area contributed by atoms with Crippen molar-refractivity contribution in [2.45, 2.75) is 25.9 Å². The number of nitrogens with one attached hydrogen (secondary N) is 1. The SMILES string of the molecule is COC(C)(C)CCOc1ccc2cc(O)c(N3CC(=O)NS3(=O)=O)c(F)c2n1. The number of methoxy groups -OCH3 is 1. The Morgan fingerprint density at radius 2 is 2.11 bits per heavy atom. The third-order valence-corrected chi connectivity index (χ3v) is 5.81. The van der Waals surface area contributed by atoms with Gasteiger partial charge in [-0.05, 0) is 26.0 Å². The molecule has 3 rings (SSSR count). The highest BCUT2D eigenvalue weighted by atomic mass is 32.2. The second-order valence-electron chi connectivity index (χ2n) is 6.88. The van der Waals surface area contributed by atoms with Crippen molar-refractivity contribution in [1.82, 2.24) is 9.71 Å². The Balaban J connectivity index is 1.96. The van der Waals surface area contributed by atoms with E-state index in [4.69, 9.17) is 9.47 Å². The summed E-state index contributed by atoms with van der Waals surface area (Å²) in [4.78, 5) is 15.5. The topological polar surface area (TPSA) is 118 Å². The monoisotopic (exact) mass is 413 g/mol. The van der Waals surface area contributed by atoms with Crippen LogP contribution in [0.25, 0.3) is 10.9 Å². The van der Waals surface area contributed by atoms with Crippen LogP contribution in [0.1, 0.15) is 20.3 Å². The summed E-state index contributed by atoms with van der Waals surface area (Å²) in [5.41, 5.74) is -1.23. The fraction of sp³-hybridized carbons (Fsp3) is 0.412. The molecule has 0 bridgehead atoms. The highest BCUT2D eigenvalue weighted by Gasteiger charge is 2.38. The molecule has 11 heteroatoms. The van der Waals surface area contributed by atoms with Gasteiger partial charge < -0.3 is 14.6 Å². The number of anilines is 1. The van der Waals surface area contributed by atoms with Crippen LogP contribution in [0.3, 0.4) is 0 Å². The van der Waals surface area contributed by atoms with Gasteiger partial charge in [0.05, 0.1) is 12.2 Å². The third kappa shape index (κ3) is 3.80. The van der Waals surface area contributed by atoms with Gasteiger partial charge in [-0.1, -0.05) is 0 Å². The molecule has 1 aliphatic heterocycles. The maximum absolute atomic E-state index is 15.1. The highest BCUT2D eigenvalue weighted by molar-refractivity contribution is 7.92. The number of phenols is 1. The van der Waals surface area contributed by atoms with Gasteiger partial charge in [0, 0.05) is 25.0 Å². The van der Waals surface area contributed by atoms with Gasteiger partial charge in [-0.25, -0.2) is 18.4 Å². The van der Waals surface area contributed by atoms with Crippen LogP contribution < -0.4 is 13.8 Å². The number of rotatable bonds is 6. The Kier molecular flexibility index (Phi) is 5.06. The number of fused-ring (bicyclic) bond motifs is 1. The first-order chi connectivity index (χ1) is 13.0. The highest BCUT2D eigenvalue weighted by Crippen LogP contribution is 2.38. The molecule has 1 saturated heterocycles. The molecule has 0 aliphatic carbocycles. The van der Waals surface area contributed by atoms with Gasteiger partial charge >= 0.3 is 10.2 Å². The third-order valence-electron chi connectivity index (χ3n) is 4.43. The molecule has 9 nitrogen and oxygen atoms in total. The molecule has 152 valence electrons. The Morgan fingerprint density at radius 1 is 1.39 bits per heavy atom. The largest absolute Gasteiger partial charge is 0.506 e. The summed E-state index contributed by atoms with van der Waals surface area (Å²) >= 11 is 0. The fourth-order valence-corrected chi connectivity index (χ4v) is 3.82. The number of aromatic hydroxyl groups is 1. The number of hydrogen-bond acceptors (Lipinski definition) is 7. The molecular weight excluding hydrogens is 393 g/mol. The minimum atomic E-state index is -4.29. The van der Waals surface area contributed by atoms with E-state index in [1.165, 1.54) is 18.2 Å². The zero-order chi connectivity index (χ0) is 20.7. The predicted octanol–water partition coefficient (Wildman–Crippen LogP) is 1.45. The number of halogens is 1. The van der Waals surface area contributed by atoms with Crippen molar-refractivity contribution in [3.05, 3.63) is 24.0 Å². The van der Waals surface area contributed by atoms with Gasteiger partial charge in [-0.2, -0.15) is 8.42 Å². The number of pyridine rings is 1. The average Bonchev–Trinajstić information content (AvgIpc) is 2.87. The van der Waals surface area contributed by atoms with Crippen LogP contribution in [-0.2, 0) is 19.7 Å². The van der Waals surface area contributed by atoms with E-state index < -0.39 is 45.5 Å². The Labute approximate surface area is 161 Å². The Morgan fingerprint density at radius 3 is 2.71 bits per heavy atom. The van der Waals surface area contributed by atoms with Crippen molar-refractivity contribution in [2.75, 3.05) is 24.6 Å². The van der Waals surface area contributed by atoms with E-state index in [9.17, 15) is 18.3 Å². The number of nitrogens with zero attached hydrogens (tertiary/aromatic N) is 2. The summed E-state index contributed by atoms with van der Waals surface area (Å²) in [5, 5.41) is 10.4. The van der Waals surface area contributed by atoms with Crippen LogP contribution >= 0.6 is 0 Å². The molecule has 0 saturated carbocycles. The quantitative estimate of drug-likeness (QED) is 0.736. The molecule has 1 amide bonds. The Hall–Kier alpha value is -2.66. The molecule has 1 fully saturated rings. The lowest BCUT2D eigenvalue weighted by Gasteiger charge is -2.22. The first-order valence-corrected chi connectivity index (χ1v) is 9.81. The summed E-state index contributed by atoms with van der Waals surface area (Å²) < 4.78 is 52.1. The standard InChI is InChI=1S/C17H20FN3O6S/c1-17(2,26-3)6-7-27-13-5-4-10-8-11(22)16(14(18)15(10)19-13)21-9-12(23)20-28(21,24)25/h4-5,8,22H,6-7,9H2,1-3H3,(H,20,23). The number of amides is 1. The van der Waals surface area contributed by atoms with Crippen LogP contribution in [0, 0.1) is 5.82 Å². The van der Waals surface area contributed by atoms with E-state index in [0.29, 0.717) is 10.7 Å². The van der Waals surface area contributed by atoms with Gasteiger partial charge in [-0.15, -0.1) is 0 Å². The van der Waals surface area contributed by atoms with E-state index in [0.717, 1.165) is 0 Å². The number of aromatic nitrogens is 1. The summed E-state index contributed by atoms with van der Waals surface area (Å²) in [6.45, 7) is 3.42. The van der Waals surface area contributed by atoms with Crippen LogP contribution in [0.5, 0.6) is 11.6 Å². The minimum Gasteiger partial charge on any atom is -0.506 e. The lowest BCUT2D eigenvalue weighted by molar-refractivity contribution is -0.117. The summed E-state index contributed by atoms with van der Waals surface area (Å²) in [6, 6.07) is 4.18. The van der Waals surface area contributed by atoms with Gasteiger partial charge in [-0.3, -0.25) is 4.79 Å². The maximum Gasteiger partial charge on any atom is 0.326 e. The number of benzene rings is 1. The number of carbonyl (C=O) groups excluding carboxylic acids is 1. The maximum atomic E-state index is 15.1. The van der Waals surface area contributed by atoms with Crippen LogP contribution in [0.4, 0.5) is 10.1 Å². The molecule has 0 radical (unpaired) electrons. The van der Waals surface area contributed by atoms with Gasteiger partial charge in [0.1, 0.15) is 23.5 Å². The van der Waals surface area contributed by atoms with E-state index in [1.54, 1.807) is 11.8 Å². The van der Waals surface area contributed by atoms with Crippen molar-refractivity contribution < 1.29 is 32.2 Å². The molecule has 1 aliphatic rings. The van der Waals surface area contributed by atoms with Crippen molar-refractivity contribution in [3.63, 3.8) is 0 Å². The molecule has 0 atom stereocenters. The van der Waals surface area contributed by atoms with Crippen LogP contribution in [0.15, 0.2) is 18.2 Å². The van der Waals surface area contributed by atoms with E-state index in [1.807, 2.05) is 13.8 Å².